The molecule has 5 rings (SSSR count). The van der Waals surface area contributed by atoms with Crippen molar-refractivity contribution >= 4 is 16.7 Å². The number of ether oxygens (including phenoxy) is 2. The minimum absolute atomic E-state index is 0.297. The van der Waals surface area contributed by atoms with E-state index in [2.05, 4.69) is 9.80 Å². The van der Waals surface area contributed by atoms with Crippen LogP contribution in [0.4, 0.5) is 5.82 Å². The Hall–Kier alpha value is -2.97. The summed E-state index contributed by atoms with van der Waals surface area (Å²) in [5, 5.41) is 0.515. The van der Waals surface area contributed by atoms with Gasteiger partial charge in [0.1, 0.15) is 11.6 Å². The standard InChI is InChI=1S/C26H32N4O4/c1-3-19-14-20(32-2)15-22-23(19)26(31)34-25(28-22)21-7-4-8-27-24(21)30-9-5-6-18(17-30)16-29-10-12-33-13-11-29/h4,7-8,14-15,18H,3,5-6,9-13,16-17H2,1-2H3. The Balaban J connectivity index is 1.47. The number of benzene rings is 1. The van der Waals surface area contributed by atoms with Crippen LogP contribution in [0.2, 0.25) is 0 Å². The second-order valence-corrected chi connectivity index (χ2v) is 9.08. The molecular weight excluding hydrogens is 432 g/mol. The van der Waals surface area contributed by atoms with Crippen LogP contribution in [0.3, 0.4) is 0 Å². The molecule has 0 saturated carbocycles. The van der Waals surface area contributed by atoms with E-state index in [1.807, 2.05) is 25.1 Å². The van der Waals surface area contributed by atoms with Crippen LogP contribution in [0.25, 0.3) is 22.4 Å². The predicted octanol–water partition coefficient (Wildman–Crippen LogP) is 3.37. The summed E-state index contributed by atoms with van der Waals surface area (Å²) in [6, 6.07) is 7.47. The minimum Gasteiger partial charge on any atom is -0.497 e. The van der Waals surface area contributed by atoms with Crippen molar-refractivity contribution in [2.24, 2.45) is 5.92 Å². The molecule has 8 heteroatoms. The first-order valence-electron chi connectivity index (χ1n) is 12.2. The summed E-state index contributed by atoms with van der Waals surface area (Å²) in [6.07, 6.45) is 4.80. The summed E-state index contributed by atoms with van der Waals surface area (Å²) >= 11 is 0. The van der Waals surface area contributed by atoms with Gasteiger partial charge in [0.25, 0.3) is 0 Å². The molecule has 3 aromatic rings. The molecule has 0 radical (unpaired) electrons. The molecule has 1 aromatic carbocycles. The van der Waals surface area contributed by atoms with Crippen molar-refractivity contribution in [1.29, 1.82) is 0 Å². The van der Waals surface area contributed by atoms with Crippen LogP contribution in [0.15, 0.2) is 39.7 Å². The normalized spacial score (nSPS) is 19.5. The van der Waals surface area contributed by atoms with Crippen molar-refractivity contribution in [1.82, 2.24) is 14.9 Å². The van der Waals surface area contributed by atoms with Gasteiger partial charge in [-0.1, -0.05) is 6.92 Å². The maximum Gasteiger partial charge on any atom is 0.347 e. The van der Waals surface area contributed by atoms with Crippen LogP contribution in [0.1, 0.15) is 25.3 Å². The highest BCUT2D eigenvalue weighted by Crippen LogP contribution is 2.32. The van der Waals surface area contributed by atoms with Gasteiger partial charge in [-0.2, -0.15) is 0 Å². The first-order valence-corrected chi connectivity index (χ1v) is 12.2. The van der Waals surface area contributed by atoms with Crippen molar-refractivity contribution < 1.29 is 13.9 Å². The van der Waals surface area contributed by atoms with Gasteiger partial charge in [0.2, 0.25) is 5.89 Å². The Morgan fingerprint density at radius 1 is 1.21 bits per heavy atom. The van der Waals surface area contributed by atoms with Gasteiger partial charge in [-0.15, -0.1) is 0 Å². The Kier molecular flexibility index (Phi) is 6.78. The molecule has 34 heavy (non-hydrogen) atoms. The van der Waals surface area contributed by atoms with Crippen LogP contribution in [0.5, 0.6) is 5.75 Å². The van der Waals surface area contributed by atoms with Crippen molar-refractivity contribution in [2.75, 3.05) is 57.9 Å². The van der Waals surface area contributed by atoms with Crippen LogP contribution in [-0.4, -0.2) is 67.9 Å². The van der Waals surface area contributed by atoms with Crippen LogP contribution < -0.4 is 15.3 Å². The Labute approximate surface area is 199 Å². The van der Waals surface area contributed by atoms with E-state index in [-0.39, 0.29) is 5.63 Å². The zero-order valence-electron chi connectivity index (χ0n) is 20.0. The van der Waals surface area contributed by atoms with Crippen molar-refractivity contribution in [3.8, 4) is 17.2 Å². The van der Waals surface area contributed by atoms with E-state index in [4.69, 9.17) is 23.9 Å². The number of hydrogen-bond donors (Lipinski definition) is 0. The zero-order chi connectivity index (χ0) is 23.5. The third-order valence-corrected chi connectivity index (χ3v) is 6.86. The maximum atomic E-state index is 13.0. The molecule has 2 saturated heterocycles. The lowest BCUT2D eigenvalue weighted by molar-refractivity contribution is 0.0296. The lowest BCUT2D eigenvalue weighted by Crippen LogP contribution is -2.44. The van der Waals surface area contributed by atoms with E-state index < -0.39 is 0 Å². The maximum absolute atomic E-state index is 13.0. The Bertz CT molecular complexity index is 1210. The molecule has 8 nitrogen and oxygen atoms in total. The Morgan fingerprint density at radius 3 is 2.85 bits per heavy atom. The van der Waals surface area contributed by atoms with Crippen molar-refractivity contribution in [2.45, 2.75) is 26.2 Å². The molecule has 2 aliphatic heterocycles. The van der Waals surface area contributed by atoms with Gasteiger partial charge in [-0.25, -0.2) is 14.8 Å². The second-order valence-electron chi connectivity index (χ2n) is 9.08. The number of methoxy groups -OCH3 is 1. The number of morpholine rings is 1. The highest BCUT2D eigenvalue weighted by Gasteiger charge is 2.26. The summed E-state index contributed by atoms with van der Waals surface area (Å²) in [7, 11) is 1.62. The summed E-state index contributed by atoms with van der Waals surface area (Å²) < 4.78 is 16.7. The van der Waals surface area contributed by atoms with Crippen molar-refractivity contribution in [3.63, 3.8) is 0 Å². The summed E-state index contributed by atoms with van der Waals surface area (Å²) in [5.74, 6) is 2.37. The molecule has 2 fully saturated rings. The third kappa shape index (κ3) is 4.65. The highest BCUT2D eigenvalue weighted by atomic mass is 16.5. The highest BCUT2D eigenvalue weighted by molar-refractivity contribution is 5.84. The molecule has 2 aliphatic rings. The summed E-state index contributed by atoms with van der Waals surface area (Å²) in [5.41, 5.74) is 1.82. The number of hydrogen-bond acceptors (Lipinski definition) is 8. The summed E-state index contributed by atoms with van der Waals surface area (Å²) in [6.45, 7) is 8.56. The molecular formula is C26H32N4O4. The first kappa shape index (κ1) is 22.8. The molecule has 1 atom stereocenters. The lowest BCUT2D eigenvalue weighted by Gasteiger charge is -2.37. The van der Waals surface area contributed by atoms with Crippen molar-refractivity contribution in [3.05, 3.63) is 46.4 Å². The van der Waals surface area contributed by atoms with Crippen LogP contribution in [0, 0.1) is 5.92 Å². The van der Waals surface area contributed by atoms with Gasteiger partial charge in [-0.05, 0) is 48.9 Å². The quantitative estimate of drug-likeness (QED) is 0.549. The van der Waals surface area contributed by atoms with Gasteiger partial charge in [0, 0.05) is 45.0 Å². The number of anilines is 1. The smallest absolute Gasteiger partial charge is 0.347 e. The van der Waals surface area contributed by atoms with E-state index >= 15 is 0 Å². The first-order chi connectivity index (χ1) is 16.7. The van der Waals surface area contributed by atoms with Gasteiger partial charge in [0.15, 0.2) is 0 Å². The van der Waals surface area contributed by atoms with Gasteiger partial charge >= 0.3 is 5.63 Å². The number of rotatable bonds is 6. The van der Waals surface area contributed by atoms with Gasteiger partial charge < -0.3 is 18.8 Å². The second kappa shape index (κ2) is 10.1. The average Bonchev–Trinajstić information content (AvgIpc) is 2.88. The molecule has 2 aromatic heterocycles. The zero-order valence-corrected chi connectivity index (χ0v) is 20.0. The van der Waals surface area contributed by atoms with Crippen LogP contribution in [-0.2, 0) is 11.2 Å². The fourth-order valence-electron chi connectivity index (χ4n) is 5.14. The molecule has 0 aliphatic carbocycles. The monoisotopic (exact) mass is 464 g/mol. The van der Waals surface area contributed by atoms with Gasteiger partial charge in [0.05, 0.1) is 36.8 Å². The third-order valence-electron chi connectivity index (χ3n) is 6.86. The number of aromatic nitrogens is 2. The fourth-order valence-corrected chi connectivity index (χ4v) is 5.14. The van der Waals surface area contributed by atoms with Crippen LogP contribution >= 0.6 is 0 Å². The number of pyridine rings is 1. The minimum atomic E-state index is -0.377. The number of piperidine rings is 1. The largest absolute Gasteiger partial charge is 0.497 e. The van der Waals surface area contributed by atoms with E-state index in [9.17, 15) is 4.79 Å². The topological polar surface area (TPSA) is 80.9 Å². The SMILES string of the molecule is CCc1cc(OC)cc2nc(-c3cccnc3N3CCCC(CN4CCOCC4)C3)oc(=O)c12. The van der Waals surface area contributed by atoms with E-state index in [0.717, 1.165) is 69.3 Å². The summed E-state index contributed by atoms with van der Waals surface area (Å²) in [4.78, 5) is 27.3. The number of aryl methyl sites for hydroxylation is 1. The van der Waals surface area contributed by atoms with E-state index in [1.165, 1.54) is 6.42 Å². The van der Waals surface area contributed by atoms with E-state index in [1.54, 1.807) is 19.4 Å². The number of fused-ring (bicyclic) bond motifs is 1. The molecule has 180 valence electrons. The molecule has 0 bridgehead atoms. The molecule has 4 heterocycles. The molecule has 0 amide bonds. The molecule has 0 N–H and O–H groups in total. The lowest BCUT2D eigenvalue weighted by atomic mass is 9.96. The molecule has 0 spiro atoms. The molecule has 1 unspecified atom stereocenters. The number of nitrogens with zero attached hydrogens (tertiary/aromatic N) is 4. The average molecular weight is 465 g/mol. The fraction of sp³-hybridized carbons (Fsp3) is 0.500. The van der Waals surface area contributed by atoms with Gasteiger partial charge in [-0.3, -0.25) is 4.90 Å². The van der Waals surface area contributed by atoms with E-state index in [0.29, 0.717) is 34.9 Å². The Morgan fingerprint density at radius 2 is 2.06 bits per heavy atom. The predicted molar refractivity (Wildman–Crippen MR) is 132 cm³/mol.